The van der Waals surface area contributed by atoms with Crippen molar-refractivity contribution in [3.63, 3.8) is 0 Å². The number of amides is 2. The Morgan fingerprint density at radius 2 is 1.63 bits per heavy atom. The summed E-state index contributed by atoms with van der Waals surface area (Å²) in [5, 5.41) is 0.829. The Bertz CT molecular complexity index is 1940. The number of hydrogen-bond acceptors (Lipinski definition) is 12. The zero-order valence-corrected chi connectivity index (χ0v) is 26.4. The number of unbranched alkanes of at least 4 members (excludes halogenated alkanes) is 2. The van der Waals surface area contributed by atoms with Crippen LogP contribution in [0.4, 0.5) is 0 Å². The molecule has 0 atom stereocenters. The molecule has 17 heteroatoms. The quantitative estimate of drug-likeness (QED) is 0.0667. The monoisotopic (exact) mass is 639 g/mol. The number of nitrogens with zero attached hydrogens (tertiary/aromatic N) is 3. The number of oxazole rings is 1. The summed E-state index contributed by atoms with van der Waals surface area (Å²) in [7, 11) is -9.88. The molecule has 1 aliphatic rings. The van der Waals surface area contributed by atoms with E-state index in [1.54, 1.807) is 24.5 Å². The van der Waals surface area contributed by atoms with E-state index in [9.17, 15) is 40.3 Å². The van der Waals surface area contributed by atoms with E-state index in [1.807, 2.05) is 4.57 Å². The molecule has 4 aromatic rings. The van der Waals surface area contributed by atoms with Gasteiger partial charge in [-0.15, -0.1) is 5.06 Å². The van der Waals surface area contributed by atoms with Gasteiger partial charge in [0.25, 0.3) is 11.8 Å². The molecule has 0 radical (unpaired) electrons. The number of hydrogen-bond donors (Lipinski definition) is 0. The first kappa shape index (κ1) is 32.7. The summed E-state index contributed by atoms with van der Waals surface area (Å²) in [4.78, 5) is 42.8. The van der Waals surface area contributed by atoms with Crippen molar-refractivity contribution in [3.05, 3.63) is 48.8 Å². The maximum atomic E-state index is 12.0. The van der Waals surface area contributed by atoms with Crippen molar-refractivity contribution in [1.29, 1.82) is 0 Å². The molecule has 0 spiro atoms. The van der Waals surface area contributed by atoms with Gasteiger partial charge in [-0.3, -0.25) is 9.59 Å². The molecule has 1 fully saturated rings. The van der Waals surface area contributed by atoms with E-state index in [0.29, 0.717) is 36.4 Å². The fraction of sp³-hybridized carbons (Fsp3) is 0.269. The Kier molecular flexibility index (Phi) is 9.70. The minimum Gasteiger partial charge on any atom is -0.744 e. The van der Waals surface area contributed by atoms with E-state index in [4.69, 9.17) is 9.25 Å². The summed E-state index contributed by atoms with van der Waals surface area (Å²) >= 11 is 0. The molecule has 1 aliphatic heterocycles. The summed E-state index contributed by atoms with van der Waals surface area (Å²) in [6.07, 6.45) is 5.47. The molecular weight excluding hydrogens is 617 g/mol. The number of aryl methyl sites for hydroxylation is 1. The molecule has 0 aliphatic carbocycles. The second kappa shape index (κ2) is 12.8. The summed E-state index contributed by atoms with van der Waals surface area (Å²) in [5.41, 5.74) is 0.191. The number of pyridine rings is 1. The Hall–Kier alpha value is -3.25. The van der Waals surface area contributed by atoms with Gasteiger partial charge in [-0.25, -0.2) is 31.2 Å². The molecule has 0 bridgehead atoms. The smallest absolute Gasteiger partial charge is 0.744 e. The molecule has 2 aromatic heterocycles. The normalized spacial score (nSPS) is 14.0. The van der Waals surface area contributed by atoms with Crippen LogP contribution in [0.5, 0.6) is 0 Å². The average molecular weight is 640 g/mol. The van der Waals surface area contributed by atoms with E-state index in [2.05, 4.69) is 4.98 Å². The number of carbonyl (C=O) groups is 3. The predicted octanol–water partition coefficient (Wildman–Crippen LogP) is -1.08. The Balaban J connectivity index is 0.00000423. The van der Waals surface area contributed by atoms with Crippen LogP contribution in [0.15, 0.2) is 63.0 Å². The van der Waals surface area contributed by atoms with E-state index < -0.39 is 47.8 Å². The number of aromatic nitrogens is 2. The molecule has 5 rings (SSSR count). The van der Waals surface area contributed by atoms with Crippen LogP contribution in [0.2, 0.25) is 0 Å². The minimum atomic E-state index is -5.05. The van der Waals surface area contributed by atoms with Gasteiger partial charge < -0.3 is 18.4 Å². The first-order valence-corrected chi connectivity index (χ1v) is 15.5. The zero-order chi connectivity index (χ0) is 30.2. The molecule has 2 aromatic carbocycles. The fourth-order valence-corrected chi connectivity index (χ4v) is 5.65. The van der Waals surface area contributed by atoms with Gasteiger partial charge in [0.05, 0.1) is 9.79 Å². The molecule has 1 saturated heterocycles. The van der Waals surface area contributed by atoms with Gasteiger partial charge in [0.1, 0.15) is 32.3 Å². The third-order valence-corrected chi connectivity index (χ3v) is 8.28. The van der Waals surface area contributed by atoms with Crippen molar-refractivity contribution in [2.75, 3.05) is 0 Å². The largest absolute Gasteiger partial charge is 1.00 e. The van der Waals surface area contributed by atoms with Gasteiger partial charge in [0.15, 0.2) is 18.0 Å². The topological polar surface area (TPSA) is 208 Å². The van der Waals surface area contributed by atoms with Crippen molar-refractivity contribution in [3.8, 4) is 11.5 Å². The molecule has 43 heavy (non-hydrogen) atoms. The first-order chi connectivity index (χ1) is 19.8. The van der Waals surface area contributed by atoms with Crippen molar-refractivity contribution < 1.29 is 83.7 Å². The van der Waals surface area contributed by atoms with Crippen LogP contribution in [0, 0.1) is 0 Å². The van der Waals surface area contributed by atoms with E-state index in [1.165, 1.54) is 6.07 Å². The number of rotatable bonds is 10. The Labute approximate surface area is 267 Å². The minimum absolute atomic E-state index is 0. The van der Waals surface area contributed by atoms with Crippen LogP contribution < -0.4 is 34.1 Å². The summed E-state index contributed by atoms with van der Waals surface area (Å²) < 4.78 is 77.7. The van der Waals surface area contributed by atoms with Gasteiger partial charge in [-0.2, -0.15) is 0 Å². The number of carbonyl (C=O) groups excluding carboxylic acids is 3. The maximum Gasteiger partial charge on any atom is 1.00 e. The van der Waals surface area contributed by atoms with Gasteiger partial charge in [0.2, 0.25) is 5.89 Å². The van der Waals surface area contributed by atoms with Crippen molar-refractivity contribution in [1.82, 2.24) is 10.0 Å². The Morgan fingerprint density at radius 1 is 0.953 bits per heavy atom. The predicted molar refractivity (Wildman–Crippen MR) is 139 cm³/mol. The molecule has 3 heterocycles. The molecule has 2 amide bonds. The number of hydroxylamine groups is 2. The van der Waals surface area contributed by atoms with Gasteiger partial charge in [-0.05, 0) is 36.4 Å². The van der Waals surface area contributed by atoms with Gasteiger partial charge in [-0.1, -0.05) is 6.07 Å². The van der Waals surface area contributed by atoms with E-state index >= 15 is 0 Å². The van der Waals surface area contributed by atoms with Crippen LogP contribution in [-0.2, 0) is 46.0 Å². The van der Waals surface area contributed by atoms with Crippen LogP contribution >= 0.6 is 0 Å². The van der Waals surface area contributed by atoms with E-state index in [-0.39, 0.29) is 76.6 Å². The maximum absolute atomic E-state index is 12.0. The first-order valence-electron chi connectivity index (χ1n) is 12.7. The van der Waals surface area contributed by atoms with Crippen LogP contribution in [0.25, 0.3) is 33.3 Å². The van der Waals surface area contributed by atoms with Gasteiger partial charge >= 0.3 is 35.5 Å². The molecule has 0 N–H and O–H groups in total. The van der Waals surface area contributed by atoms with Gasteiger partial charge in [0, 0.05) is 48.8 Å². The van der Waals surface area contributed by atoms with Crippen LogP contribution in [0.3, 0.4) is 0 Å². The number of imide groups is 1. The van der Waals surface area contributed by atoms with E-state index in [0.717, 1.165) is 18.2 Å². The molecular formula is C26H22N3NaO11S2. The number of benzene rings is 2. The Morgan fingerprint density at radius 3 is 2.26 bits per heavy atom. The summed E-state index contributed by atoms with van der Waals surface area (Å²) in [5.74, 6) is -1.68. The van der Waals surface area contributed by atoms with Crippen molar-refractivity contribution >= 4 is 59.9 Å². The van der Waals surface area contributed by atoms with Crippen LogP contribution in [0.1, 0.15) is 38.5 Å². The summed E-state index contributed by atoms with van der Waals surface area (Å²) in [6.45, 7) is 0.597. The fourth-order valence-electron chi connectivity index (χ4n) is 4.51. The molecule has 14 nitrogen and oxygen atoms in total. The zero-order valence-electron chi connectivity index (χ0n) is 22.7. The second-order valence-corrected chi connectivity index (χ2v) is 12.3. The molecule has 0 saturated carbocycles. The molecule has 0 unspecified atom stereocenters. The van der Waals surface area contributed by atoms with Crippen LogP contribution in [-0.4, -0.2) is 53.8 Å². The third kappa shape index (κ3) is 7.29. The standard InChI is InChI=1S/C26H23N3O11S2.Na/c30-21-7-8-22(31)29(21)40-23(32)4-2-1-3-11-28-12-9-16(10-13-28)26-27-24-19-6-5-18(41(33,34)35)14-17(19)15-20(25(24)39-26)42(36,37)38;/h5-6,9-10,12-15H,1-4,7-8,11H2,(H-,33,34,35,36,37,38);/q;+1/p-1. The average Bonchev–Trinajstić information content (AvgIpc) is 3.51. The van der Waals surface area contributed by atoms with Crippen molar-refractivity contribution in [2.24, 2.45) is 0 Å². The second-order valence-electron chi connectivity index (χ2n) is 9.54. The SMILES string of the molecule is O=C(CCCCC[n+]1ccc(-c2nc3c(o2)c(S(=O)(=O)[O-])cc2cc(S(=O)(=O)[O-])ccc23)cc1)ON1C(=O)CCC1=O.[Na+]. The third-order valence-electron chi connectivity index (χ3n) is 6.61. The summed E-state index contributed by atoms with van der Waals surface area (Å²) in [6, 6.07) is 7.62. The van der Waals surface area contributed by atoms with Crippen molar-refractivity contribution in [2.45, 2.75) is 54.9 Å². The number of fused-ring (bicyclic) bond motifs is 3. The molecule has 220 valence electrons.